The van der Waals surface area contributed by atoms with Gasteiger partial charge in [-0.3, -0.25) is 0 Å². The molecular weight excluding hydrogens is 815 g/mol. The number of hydrogen-bond donors (Lipinski definition) is 0. The van der Waals surface area contributed by atoms with E-state index in [4.69, 9.17) is 0 Å². The normalized spacial score (nSPS) is 13.6. The average molecular weight is 878 g/mol. The summed E-state index contributed by atoms with van der Waals surface area (Å²) < 4.78 is 2.62. The number of allylic oxidation sites excluding steroid dienone is 11. The molecular formula is C64H63NS. The molecule has 0 saturated carbocycles. The van der Waals surface area contributed by atoms with Crippen molar-refractivity contribution in [2.45, 2.75) is 66.7 Å². The van der Waals surface area contributed by atoms with Gasteiger partial charge in [-0.1, -0.05) is 198 Å². The van der Waals surface area contributed by atoms with Crippen LogP contribution in [0.1, 0.15) is 78.0 Å². The van der Waals surface area contributed by atoms with E-state index >= 15 is 0 Å². The second kappa shape index (κ2) is 22.3. The first kappa shape index (κ1) is 47.0. The van der Waals surface area contributed by atoms with Crippen molar-refractivity contribution in [3.05, 3.63) is 247 Å². The Morgan fingerprint density at radius 3 is 1.70 bits per heavy atom. The third kappa shape index (κ3) is 10.3. The molecule has 330 valence electrons. The molecule has 0 saturated heterocycles. The van der Waals surface area contributed by atoms with E-state index in [1.165, 1.54) is 70.3 Å². The SMILES string of the molecule is C/C=C\C.C=C/C=C\C=C/C.CC.CC1(C)C2=C(CCC(c3ccc(-c4ccc5sc6ccc(N(c7ccccc7)c7ccc(-c8ccccc8)cc7)cc6c5c4)cc3)=C2)c2ccccc21. The van der Waals surface area contributed by atoms with Crippen molar-refractivity contribution >= 4 is 59.7 Å². The number of para-hydroxylation sites is 1. The Hall–Kier alpha value is -7.00. The summed E-state index contributed by atoms with van der Waals surface area (Å²) in [7, 11) is 0. The van der Waals surface area contributed by atoms with Gasteiger partial charge in [0.05, 0.1) is 0 Å². The number of anilines is 3. The van der Waals surface area contributed by atoms with E-state index < -0.39 is 0 Å². The number of benzene rings is 7. The van der Waals surface area contributed by atoms with Crippen molar-refractivity contribution in [2.75, 3.05) is 4.90 Å². The fourth-order valence-corrected chi connectivity index (χ4v) is 9.97. The van der Waals surface area contributed by atoms with Crippen molar-refractivity contribution < 1.29 is 0 Å². The lowest BCUT2D eigenvalue weighted by atomic mass is 9.78. The van der Waals surface area contributed by atoms with Gasteiger partial charge in [0.1, 0.15) is 0 Å². The first-order valence-electron chi connectivity index (χ1n) is 23.4. The van der Waals surface area contributed by atoms with Gasteiger partial charge in [-0.05, 0) is 144 Å². The summed E-state index contributed by atoms with van der Waals surface area (Å²) in [5.74, 6) is 0. The van der Waals surface area contributed by atoms with Crippen LogP contribution in [0, 0.1) is 0 Å². The van der Waals surface area contributed by atoms with Crippen LogP contribution in [0.3, 0.4) is 0 Å². The highest BCUT2D eigenvalue weighted by Crippen LogP contribution is 2.52. The topological polar surface area (TPSA) is 3.24 Å². The molecule has 0 unspecified atom stereocenters. The standard InChI is InChI=1S/C51H39NS.C7H10.C4H8.C2H6/c1-51(2)47-16-10-9-15-43(47)44-28-23-39(32-48(44)51)37-19-17-36(18-20-37)38-24-29-49-45(31-38)46-33-42(27-30-50(46)53-49)52(40-13-7-4-8-14-40)41-25-21-35(22-26-41)34-11-5-3-6-12-34;1-3-5-7-6-4-2;1-3-4-2;1-2/h3-22,24-27,29-33H,23,28H2,1-2H3;3-7H,1H2,2H3;3-4H,1-2H3;1-2H3/b;6-4-,7-5-;4-3-;. The van der Waals surface area contributed by atoms with E-state index in [-0.39, 0.29) is 5.41 Å². The molecule has 7 aromatic carbocycles. The summed E-state index contributed by atoms with van der Waals surface area (Å²) >= 11 is 1.87. The highest BCUT2D eigenvalue weighted by molar-refractivity contribution is 7.25. The van der Waals surface area contributed by atoms with Gasteiger partial charge in [-0.25, -0.2) is 0 Å². The molecule has 0 radical (unpaired) electrons. The number of nitrogens with zero attached hydrogens (tertiary/aromatic N) is 1. The molecule has 0 bridgehead atoms. The fourth-order valence-electron chi connectivity index (χ4n) is 8.90. The van der Waals surface area contributed by atoms with Crippen LogP contribution in [0.2, 0.25) is 0 Å². The first-order valence-corrected chi connectivity index (χ1v) is 24.3. The zero-order valence-electron chi connectivity index (χ0n) is 39.8. The lowest BCUT2D eigenvalue weighted by molar-refractivity contribution is 0.652. The van der Waals surface area contributed by atoms with Crippen LogP contribution in [0.25, 0.3) is 53.6 Å². The first-order chi connectivity index (χ1) is 32.3. The van der Waals surface area contributed by atoms with Crippen molar-refractivity contribution in [3.8, 4) is 22.3 Å². The molecule has 0 fully saturated rings. The molecule has 2 heteroatoms. The second-order valence-electron chi connectivity index (χ2n) is 16.7. The van der Waals surface area contributed by atoms with E-state index in [0.717, 1.165) is 29.9 Å². The minimum Gasteiger partial charge on any atom is -0.310 e. The number of thiophene rings is 1. The second-order valence-corrected chi connectivity index (χ2v) is 17.8. The summed E-state index contributed by atoms with van der Waals surface area (Å²) in [6, 6.07) is 62.4. The van der Waals surface area contributed by atoms with Crippen LogP contribution in [0.15, 0.2) is 231 Å². The van der Waals surface area contributed by atoms with Gasteiger partial charge in [0.15, 0.2) is 0 Å². The lowest BCUT2D eigenvalue weighted by Gasteiger charge is -2.26. The summed E-state index contributed by atoms with van der Waals surface area (Å²) in [4.78, 5) is 2.37. The summed E-state index contributed by atoms with van der Waals surface area (Å²) in [6.07, 6.45) is 18.2. The zero-order chi connectivity index (χ0) is 46.5. The van der Waals surface area contributed by atoms with Gasteiger partial charge >= 0.3 is 0 Å². The third-order valence-electron chi connectivity index (χ3n) is 12.3. The Morgan fingerprint density at radius 1 is 0.500 bits per heavy atom. The van der Waals surface area contributed by atoms with Crippen molar-refractivity contribution in [1.29, 1.82) is 0 Å². The van der Waals surface area contributed by atoms with E-state index in [1.807, 2.05) is 82.4 Å². The number of fused-ring (bicyclic) bond motifs is 5. The Kier molecular flexibility index (Phi) is 15.8. The van der Waals surface area contributed by atoms with Crippen LogP contribution >= 0.6 is 11.3 Å². The Labute approximate surface area is 398 Å². The average Bonchev–Trinajstić information content (AvgIpc) is 3.86. The molecule has 1 nitrogen and oxygen atoms in total. The summed E-state index contributed by atoms with van der Waals surface area (Å²) in [5, 5.41) is 2.60. The van der Waals surface area contributed by atoms with Crippen molar-refractivity contribution in [3.63, 3.8) is 0 Å². The highest BCUT2D eigenvalue weighted by Gasteiger charge is 2.37. The minimum atomic E-state index is 0.0429. The molecule has 2 aliphatic rings. The lowest BCUT2D eigenvalue weighted by Crippen LogP contribution is -2.17. The molecule has 8 aromatic rings. The molecule has 0 atom stereocenters. The van der Waals surface area contributed by atoms with Gasteiger partial charge in [-0.2, -0.15) is 0 Å². The quantitative estimate of drug-likeness (QED) is 0.109. The summed E-state index contributed by atoms with van der Waals surface area (Å²) in [6.45, 7) is 18.3. The molecule has 66 heavy (non-hydrogen) atoms. The number of hydrogen-bond acceptors (Lipinski definition) is 2. The zero-order valence-corrected chi connectivity index (χ0v) is 40.6. The molecule has 0 spiro atoms. The van der Waals surface area contributed by atoms with E-state index in [9.17, 15) is 0 Å². The molecule has 0 amide bonds. The molecule has 1 aromatic heterocycles. The summed E-state index contributed by atoms with van der Waals surface area (Å²) in [5.41, 5.74) is 17.1. The Bertz CT molecular complexity index is 3020. The Morgan fingerprint density at radius 2 is 1.03 bits per heavy atom. The van der Waals surface area contributed by atoms with Gasteiger partial charge in [0.2, 0.25) is 0 Å². The fraction of sp³-hybridized carbons (Fsp3) is 0.156. The Balaban J connectivity index is 0.000000444. The maximum atomic E-state index is 3.51. The maximum Gasteiger partial charge on any atom is 0.0468 e. The molecule has 0 aliphatic heterocycles. The predicted molar refractivity (Wildman–Crippen MR) is 294 cm³/mol. The maximum absolute atomic E-state index is 3.51. The van der Waals surface area contributed by atoms with E-state index in [1.54, 1.807) is 11.6 Å². The monoisotopic (exact) mass is 877 g/mol. The van der Waals surface area contributed by atoms with Crippen LogP contribution in [-0.2, 0) is 5.41 Å². The van der Waals surface area contributed by atoms with Crippen LogP contribution in [-0.4, -0.2) is 0 Å². The van der Waals surface area contributed by atoms with Crippen LogP contribution < -0.4 is 4.90 Å². The molecule has 1 heterocycles. The van der Waals surface area contributed by atoms with Crippen LogP contribution in [0.4, 0.5) is 17.1 Å². The van der Waals surface area contributed by atoms with Crippen LogP contribution in [0.5, 0.6) is 0 Å². The molecule has 10 rings (SSSR count). The largest absolute Gasteiger partial charge is 0.310 e. The van der Waals surface area contributed by atoms with E-state index in [2.05, 4.69) is 201 Å². The van der Waals surface area contributed by atoms with Gasteiger partial charge in [0.25, 0.3) is 0 Å². The predicted octanol–water partition coefficient (Wildman–Crippen LogP) is 19.7. The third-order valence-corrected chi connectivity index (χ3v) is 13.5. The smallest absolute Gasteiger partial charge is 0.0468 e. The van der Waals surface area contributed by atoms with E-state index in [0.29, 0.717) is 0 Å². The van der Waals surface area contributed by atoms with Crippen molar-refractivity contribution in [1.82, 2.24) is 0 Å². The van der Waals surface area contributed by atoms with Gasteiger partial charge in [0, 0.05) is 42.6 Å². The number of rotatable bonds is 8. The van der Waals surface area contributed by atoms with Gasteiger partial charge in [-0.15, -0.1) is 11.3 Å². The van der Waals surface area contributed by atoms with Gasteiger partial charge < -0.3 is 4.90 Å². The highest BCUT2D eigenvalue weighted by atomic mass is 32.1. The minimum absolute atomic E-state index is 0.0429. The molecule has 0 N–H and O–H groups in total. The van der Waals surface area contributed by atoms with Crippen molar-refractivity contribution in [2.24, 2.45) is 0 Å². The molecule has 2 aliphatic carbocycles.